The Morgan fingerprint density at radius 1 is 1.53 bits per heavy atom. The van der Waals surface area contributed by atoms with Gasteiger partial charge in [0.15, 0.2) is 5.16 Å². The van der Waals surface area contributed by atoms with Crippen molar-refractivity contribution in [2.45, 2.75) is 49.4 Å². The first kappa shape index (κ1) is 12.5. The van der Waals surface area contributed by atoms with E-state index in [0.717, 1.165) is 5.92 Å². The lowest BCUT2D eigenvalue weighted by Gasteiger charge is -2.29. The Morgan fingerprint density at radius 3 is 3.00 bits per heavy atom. The number of nitrogens with one attached hydrogen (secondary N) is 1. The van der Waals surface area contributed by atoms with Crippen LogP contribution < -0.4 is 11.3 Å². The Labute approximate surface area is 105 Å². The van der Waals surface area contributed by atoms with Crippen LogP contribution in [0.3, 0.4) is 0 Å². The molecule has 1 saturated carbocycles. The van der Waals surface area contributed by atoms with Crippen LogP contribution in [-0.2, 0) is 0 Å². The van der Waals surface area contributed by atoms with Gasteiger partial charge in [-0.1, -0.05) is 37.9 Å². The van der Waals surface area contributed by atoms with Crippen LogP contribution in [0.25, 0.3) is 0 Å². The van der Waals surface area contributed by atoms with Gasteiger partial charge in [0.05, 0.1) is 0 Å². The maximum atomic E-state index is 11.3. The number of hydrogen-bond acceptors (Lipinski definition) is 4. The quantitative estimate of drug-likeness (QED) is 0.811. The minimum Gasteiger partial charge on any atom is -0.383 e. The molecule has 5 heteroatoms. The van der Waals surface area contributed by atoms with E-state index in [-0.39, 0.29) is 5.56 Å². The van der Waals surface area contributed by atoms with Gasteiger partial charge in [-0.05, 0) is 18.8 Å². The van der Waals surface area contributed by atoms with Gasteiger partial charge in [-0.15, -0.1) is 0 Å². The largest absolute Gasteiger partial charge is 0.383 e. The molecule has 94 valence electrons. The number of nitrogens with zero attached hydrogens (tertiary/aromatic N) is 1. The van der Waals surface area contributed by atoms with E-state index >= 15 is 0 Å². The Hall–Kier alpha value is -0.970. The summed E-state index contributed by atoms with van der Waals surface area (Å²) in [7, 11) is 0. The standard InChI is InChI=1S/C12H19N3OS/c1-2-8-5-3-4-6-9(8)17-12-14-10(13)7-11(16)15-12/h7-9H,2-6H2,1H3,(H3,13,14,15,16). The van der Waals surface area contributed by atoms with E-state index in [4.69, 9.17) is 5.73 Å². The summed E-state index contributed by atoms with van der Waals surface area (Å²) < 4.78 is 0. The topological polar surface area (TPSA) is 71.8 Å². The predicted molar refractivity (Wildman–Crippen MR) is 71.2 cm³/mol. The molecule has 4 nitrogen and oxygen atoms in total. The van der Waals surface area contributed by atoms with Crippen molar-refractivity contribution >= 4 is 17.6 Å². The molecule has 2 unspecified atom stereocenters. The Balaban J connectivity index is 2.10. The Morgan fingerprint density at radius 2 is 2.29 bits per heavy atom. The van der Waals surface area contributed by atoms with Crippen molar-refractivity contribution in [1.29, 1.82) is 0 Å². The molecule has 0 spiro atoms. The molecule has 2 rings (SSSR count). The molecule has 17 heavy (non-hydrogen) atoms. The smallest absolute Gasteiger partial charge is 0.253 e. The average molecular weight is 253 g/mol. The molecule has 2 atom stereocenters. The summed E-state index contributed by atoms with van der Waals surface area (Å²) in [5, 5.41) is 1.24. The summed E-state index contributed by atoms with van der Waals surface area (Å²) in [5.41, 5.74) is 5.42. The maximum Gasteiger partial charge on any atom is 0.253 e. The van der Waals surface area contributed by atoms with Gasteiger partial charge >= 0.3 is 0 Å². The van der Waals surface area contributed by atoms with E-state index in [2.05, 4.69) is 16.9 Å². The summed E-state index contributed by atoms with van der Waals surface area (Å²) in [5.74, 6) is 1.04. The van der Waals surface area contributed by atoms with Gasteiger partial charge < -0.3 is 10.7 Å². The summed E-state index contributed by atoms with van der Waals surface area (Å²) in [6.45, 7) is 2.24. The molecule has 1 heterocycles. The summed E-state index contributed by atoms with van der Waals surface area (Å²) in [6.07, 6.45) is 6.31. The first-order valence-corrected chi connectivity index (χ1v) is 7.10. The third-order valence-electron chi connectivity index (χ3n) is 3.37. The van der Waals surface area contributed by atoms with E-state index in [9.17, 15) is 4.79 Å². The number of nitrogen functional groups attached to an aromatic ring is 1. The van der Waals surface area contributed by atoms with Crippen molar-refractivity contribution in [3.63, 3.8) is 0 Å². The fraction of sp³-hybridized carbons (Fsp3) is 0.667. The van der Waals surface area contributed by atoms with Crippen LogP contribution in [0.5, 0.6) is 0 Å². The minimum absolute atomic E-state index is 0.163. The maximum absolute atomic E-state index is 11.3. The number of H-pyrrole nitrogens is 1. The lowest BCUT2D eigenvalue weighted by atomic mass is 9.87. The van der Waals surface area contributed by atoms with Crippen molar-refractivity contribution in [2.75, 3.05) is 5.73 Å². The zero-order chi connectivity index (χ0) is 12.3. The van der Waals surface area contributed by atoms with Crippen molar-refractivity contribution < 1.29 is 0 Å². The highest BCUT2D eigenvalue weighted by atomic mass is 32.2. The average Bonchev–Trinajstić information content (AvgIpc) is 2.28. The van der Waals surface area contributed by atoms with Gasteiger partial charge in [-0.2, -0.15) is 0 Å². The highest BCUT2D eigenvalue weighted by Crippen LogP contribution is 2.37. The number of thioether (sulfide) groups is 1. The SMILES string of the molecule is CCC1CCCCC1Sc1nc(N)cc(=O)[nH]1. The van der Waals surface area contributed by atoms with Gasteiger partial charge in [-0.3, -0.25) is 4.79 Å². The molecule has 1 aromatic rings. The first-order chi connectivity index (χ1) is 8.19. The minimum atomic E-state index is -0.163. The van der Waals surface area contributed by atoms with Gasteiger partial charge in [0.1, 0.15) is 5.82 Å². The van der Waals surface area contributed by atoms with E-state index in [1.807, 2.05) is 0 Å². The highest BCUT2D eigenvalue weighted by Gasteiger charge is 2.25. The molecule has 0 aromatic carbocycles. The molecule has 0 amide bonds. The highest BCUT2D eigenvalue weighted by molar-refractivity contribution is 7.99. The third kappa shape index (κ3) is 3.25. The number of aromatic amines is 1. The molecule has 1 aliphatic carbocycles. The zero-order valence-corrected chi connectivity index (χ0v) is 10.9. The van der Waals surface area contributed by atoms with Crippen LogP contribution in [0.1, 0.15) is 39.0 Å². The summed E-state index contributed by atoms with van der Waals surface area (Å²) in [4.78, 5) is 18.3. The molecule has 1 fully saturated rings. The number of nitrogens with two attached hydrogens (primary N) is 1. The van der Waals surface area contributed by atoms with E-state index in [1.54, 1.807) is 11.8 Å². The fourth-order valence-corrected chi connectivity index (χ4v) is 3.86. The zero-order valence-electron chi connectivity index (χ0n) is 10.1. The molecule has 0 bridgehead atoms. The second-order valence-corrected chi connectivity index (χ2v) is 5.81. The molecule has 1 aliphatic rings. The Kier molecular flexibility index (Phi) is 4.10. The van der Waals surface area contributed by atoms with E-state index < -0.39 is 0 Å². The van der Waals surface area contributed by atoms with Gasteiger partial charge in [0.2, 0.25) is 0 Å². The monoisotopic (exact) mass is 253 g/mol. The third-order valence-corrected chi connectivity index (χ3v) is 4.71. The van der Waals surface area contributed by atoms with Crippen molar-refractivity contribution in [3.8, 4) is 0 Å². The van der Waals surface area contributed by atoms with Crippen LogP contribution in [0.2, 0.25) is 0 Å². The normalized spacial score (nSPS) is 24.8. The van der Waals surface area contributed by atoms with Gasteiger partial charge in [0, 0.05) is 11.3 Å². The van der Waals surface area contributed by atoms with Crippen LogP contribution >= 0.6 is 11.8 Å². The fourth-order valence-electron chi connectivity index (χ4n) is 2.45. The first-order valence-electron chi connectivity index (χ1n) is 6.22. The van der Waals surface area contributed by atoms with Crippen LogP contribution in [-0.4, -0.2) is 15.2 Å². The van der Waals surface area contributed by atoms with E-state index in [0.29, 0.717) is 16.2 Å². The molecule has 3 N–H and O–H groups in total. The van der Waals surface area contributed by atoms with Gasteiger partial charge in [0.25, 0.3) is 5.56 Å². The second kappa shape index (κ2) is 5.58. The summed E-state index contributed by atoms with van der Waals surface area (Å²) >= 11 is 1.68. The van der Waals surface area contributed by atoms with Crippen molar-refractivity contribution in [2.24, 2.45) is 5.92 Å². The van der Waals surface area contributed by atoms with E-state index in [1.165, 1.54) is 38.2 Å². The second-order valence-electron chi connectivity index (χ2n) is 4.58. The molecular formula is C12H19N3OS. The lowest BCUT2D eigenvalue weighted by molar-refractivity contribution is 0.361. The van der Waals surface area contributed by atoms with Crippen LogP contribution in [0, 0.1) is 5.92 Å². The molecular weight excluding hydrogens is 234 g/mol. The van der Waals surface area contributed by atoms with Crippen LogP contribution in [0.4, 0.5) is 5.82 Å². The lowest BCUT2D eigenvalue weighted by Crippen LogP contribution is -2.22. The number of rotatable bonds is 3. The summed E-state index contributed by atoms with van der Waals surface area (Å²) in [6, 6.07) is 1.32. The molecule has 0 saturated heterocycles. The Bertz CT molecular complexity index is 432. The predicted octanol–water partition coefficient (Wildman–Crippen LogP) is 2.41. The molecule has 0 aliphatic heterocycles. The molecule has 0 radical (unpaired) electrons. The molecule has 1 aromatic heterocycles. The number of aromatic nitrogens is 2. The van der Waals surface area contributed by atoms with Crippen molar-refractivity contribution in [1.82, 2.24) is 9.97 Å². The van der Waals surface area contributed by atoms with Crippen LogP contribution in [0.15, 0.2) is 16.0 Å². The number of hydrogen-bond donors (Lipinski definition) is 2. The van der Waals surface area contributed by atoms with Crippen molar-refractivity contribution in [3.05, 3.63) is 16.4 Å². The number of anilines is 1. The van der Waals surface area contributed by atoms with Gasteiger partial charge in [-0.25, -0.2) is 4.98 Å².